The van der Waals surface area contributed by atoms with E-state index in [1.54, 1.807) is 24.3 Å². The monoisotopic (exact) mass is 383 g/mol. The first kappa shape index (κ1) is 21.2. The fraction of sp³-hybridized carbons (Fsp3) is 0.318. The average Bonchev–Trinajstić information content (AvgIpc) is 2.68. The molecule has 2 aromatic carbocycles. The number of hydrogen-bond donors (Lipinski definition) is 1. The topological polar surface area (TPSA) is 81.7 Å². The molecule has 0 heterocycles. The van der Waals surface area contributed by atoms with Crippen molar-refractivity contribution in [2.75, 3.05) is 11.9 Å². The Morgan fingerprint density at radius 2 is 1.64 bits per heavy atom. The third kappa shape index (κ3) is 6.54. The van der Waals surface area contributed by atoms with E-state index in [0.717, 1.165) is 6.42 Å². The minimum absolute atomic E-state index is 0.0112. The molecule has 1 atom stereocenters. The third-order valence-corrected chi connectivity index (χ3v) is 4.14. The summed E-state index contributed by atoms with van der Waals surface area (Å²) >= 11 is 0. The van der Waals surface area contributed by atoms with Crippen molar-refractivity contribution in [3.8, 4) is 5.75 Å². The molecule has 0 spiro atoms. The number of anilines is 1. The highest BCUT2D eigenvalue weighted by Gasteiger charge is 2.18. The zero-order chi connectivity index (χ0) is 20.5. The van der Waals surface area contributed by atoms with Crippen LogP contribution in [-0.2, 0) is 20.7 Å². The lowest BCUT2D eigenvalue weighted by atomic mass is 10.1. The Morgan fingerprint density at radius 1 is 1.00 bits per heavy atom. The molecule has 6 nitrogen and oxygen atoms in total. The van der Waals surface area contributed by atoms with Gasteiger partial charge in [0.2, 0.25) is 0 Å². The predicted molar refractivity (Wildman–Crippen MR) is 107 cm³/mol. The summed E-state index contributed by atoms with van der Waals surface area (Å²) in [5, 5.41) is 2.72. The SMILES string of the molecule is CCc1ccc(NC(=O)C(C)OC(=O)CCOc2ccc(C(C)=O)cc2)cc1. The zero-order valence-electron chi connectivity index (χ0n) is 16.4. The van der Waals surface area contributed by atoms with E-state index in [-0.39, 0.29) is 18.8 Å². The van der Waals surface area contributed by atoms with Gasteiger partial charge in [-0.1, -0.05) is 19.1 Å². The van der Waals surface area contributed by atoms with Gasteiger partial charge >= 0.3 is 5.97 Å². The van der Waals surface area contributed by atoms with E-state index >= 15 is 0 Å². The number of hydrogen-bond acceptors (Lipinski definition) is 5. The number of carbonyl (C=O) groups excluding carboxylic acids is 3. The second-order valence-corrected chi connectivity index (χ2v) is 6.35. The highest BCUT2D eigenvalue weighted by Crippen LogP contribution is 2.13. The Bertz CT molecular complexity index is 812. The Labute approximate surface area is 164 Å². The molecule has 0 bridgehead atoms. The maximum Gasteiger partial charge on any atom is 0.310 e. The molecule has 0 saturated heterocycles. The van der Waals surface area contributed by atoms with E-state index in [1.165, 1.54) is 19.4 Å². The Hall–Kier alpha value is -3.15. The molecule has 148 valence electrons. The molecule has 2 rings (SSSR count). The van der Waals surface area contributed by atoms with E-state index in [2.05, 4.69) is 12.2 Å². The van der Waals surface area contributed by atoms with Gasteiger partial charge < -0.3 is 14.8 Å². The maximum absolute atomic E-state index is 12.1. The molecule has 0 aliphatic carbocycles. The van der Waals surface area contributed by atoms with Gasteiger partial charge in [-0.15, -0.1) is 0 Å². The van der Waals surface area contributed by atoms with E-state index in [4.69, 9.17) is 9.47 Å². The number of benzene rings is 2. The Kier molecular flexibility index (Phi) is 7.75. The summed E-state index contributed by atoms with van der Waals surface area (Å²) in [5.74, 6) is -0.384. The second kappa shape index (κ2) is 10.3. The van der Waals surface area contributed by atoms with Crippen LogP contribution in [0.5, 0.6) is 5.75 Å². The average molecular weight is 383 g/mol. The van der Waals surface area contributed by atoms with Crippen LogP contribution in [0.4, 0.5) is 5.69 Å². The summed E-state index contributed by atoms with van der Waals surface area (Å²) in [7, 11) is 0. The van der Waals surface area contributed by atoms with Crippen LogP contribution in [0.15, 0.2) is 48.5 Å². The molecule has 1 N–H and O–H groups in total. The van der Waals surface area contributed by atoms with Crippen molar-refractivity contribution in [3.63, 3.8) is 0 Å². The van der Waals surface area contributed by atoms with Crippen LogP contribution in [0.3, 0.4) is 0 Å². The first-order chi connectivity index (χ1) is 13.4. The highest BCUT2D eigenvalue weighted by atomic mass is 16.5. The van der Waals surface area contributed by atoms with Crippen LogP contribution in [0, 0.1) is 0 Å². The summed E-state index contributed by atoms with van der Waals surface area (Å²) in [4.78, 5) is 35.3. The summed E-state index contributed by atoms with van der Waals surface area (Å²) in [5.41, 5.74) is 2.42. The van der Waals surface area contributed by atoms with Gasteiger partial charge in [0.25, 0.3) is 5.91 Å². The number of rotatable bonds is 9. The molecule has 0 aromatic heterocycles. The number of Topliss-reactive ketones (excluding diaryl/α,β-unsaturated/α-hetero) is 1. The van der Waals surface area contributed by atoms with Gasteiger partial charge in [-0.3, -0.25) is 14.4 Å². The van der Waals surface area contributed by atoms with Gasteiger partial charge in [-0.25, -0.2) is 0 Å². The molecule has 2 aromatic rings. The molecule has 6 heteroatoms. The molecule has 0 radical (unpaired) electrons. The van der Waals surface area contributed by atoms with Crippen LogP contribution in [0.2, 0.25) is 0 Å². The standard InChI is InChI=1S/C22H25NO5/c1-4-17-5-9-19(10-6-17)23-22(26)16(3)28-21(25)13-14-27-20-11-7-18(8-12-20)15(2)24/h5-12,16H,4,13-14H2,1-3H3,(H,23,26). The molecule has 0 saturated carbocycles. The number of amides is 1. The fourth-order valence-corrected chi connectivity index (χ4v) is 2.42. The summed E-state index contributed by atoms with van der Waals surface area (Å²) in [6.45, 7) is 5.18. The normalized spacial score (nSPS) is 11.4. The van der Waals surface area contributed by atoms with Crippen molar-refractivity contribution in [2.24, 2.45) is 0 Å². The van der Waals surface area contributed by atoms with Crippen LogP contribution in [-0.4, -0.2) is 30.4 Å². The van der Waals surface area contributed by atoms with Crippen LogP contribution in [0.25, 0.3) is 0 Å². The Balaban J connectivity index is 1.73. The molecule has 1 unspecified atom stereocenters. The highest BCUT2D eigenvalue weighted by molar-refractivity contribution is 5.95. The second-order valence-electron chi connectivity index (χ2n) is 6.35. The summed E-state index contributed by atoms with van der Waals surface area (Å²) in [6.07, 6.45) is 0.0239. The number of ketones is 1. The number of aryl methyl sites for hydroxylation is 1. The van der Waals surface area contributed by atoms with Gasteiger partial charge in [0.1, 0.15) is 5.75 Å². The smallest absolute Gasteiger partial charge is 0.310 e. The van der Waals surface area contributed by atoms with Crippen LogP contribution in [0.1, 0.15) is 43.1 Å². The summed E-state index contributed by atoms with van der Waals surface area (Å²) in [6, 6.07) is 14.2. The molecule has 1 amide bonds. The molecule has 0 aliphatic heterocycles. The van der Waals surface area contributed by atoms with Gasteiger partial charge in [0, 0.05) is 11.3 Å². The maximum atomic E-state index is 12.1. The van der Waals surface area contributed by atoms with Gasteiger partial charge in [0.05, 0.1) is 13.0 Å². The van der Waals surface area contributed by atoms with E-state index in [9.17, 15) is 14.4 Å². The van der Waals surface area contributed by atoms with Crippen molar-refractivity contribution in [3.05, 3.63) is 59.7 Å². The third-order valence-electron chi connectivity index (χ3n) is 4.14. The molecular weight excluding hydrogens is 358 g/mol. The minimum Gasteiger partial charge on any atom is -0.493 e. The van der Waals surface area contributed by atoms with E-state index < -0.39 is 18.0 Å². The number of nitrogens with one attached hydrogen (secondary N) is 1. The van der Waals surface area contributed by atoms with Crippen molar-refractivity contribution in [1.29, 1.82) is 0 Å². The molecular formula is C22H25NO5. The zero-order valence-corrected chi connectivity index (χ0v) is 16.4. The first-order valence-electron chi connectivity index (χ1n) is 9.22. The Morgan fingerprint density at radius 3 is 2.21 bits per heavy atom. The molecule has 0 fully saturated rings. The van der Waals surface area contributed by atoms with E-state index in [1.807, 2.05) is 24.3 Å². The summed E-state index contributed by atoms with van der Waals surface area (Å²) < 4.78 is 10.6. The number of esters is 1. The van der Waals surface area contributed by atoms with Gasteiger partial charge in [-0.2, -0.15) is 0 Å². The fourth-order valence-electron chi connectivity index (χ4n) is 2.42. The van der Waals surface area contributed by atoms with Gasteiger partial charge in [-0.05, 0) is 62.2 Å². The molecule has 28 heavy (non-hydrogen) atoms. The number of carbonyl (C=O) groups is 3. The minimum atomic E-state index is -0.909. The van der Waals surface area contributed by atoms with Crippen LogP contribution >= 0.6 is 0 Å². The van der Waals surface area contributed by atoms with Crippen molar-refractivity contribution in [1.82, 2.24) is 0 Å². The van der Waals surface area contributed by atoms with Gasteiger partial charge in [0.15, 0.2) is 11.9 Å². The van der Waals surface area contributed by atoms with Crippen LogP contribution < -0.4 is 10.1 Å². The van der Waals surface area contributed by atoms with Crippen molar-refractivity contribution < 1.29 is 23.9 Å². The predicted octanol–water partition coefficient (Wildman–Crippen LogP) is 3.79. The number of ether oxygens (including phenoxy) is 2. The van der Waals surface area contributed by atoms with Crippen molar-refractivity contribution >= 4 is 23.3 Å². The lowest BCUT2D eigenvalue weighted by Crippen LogP contribution is -2.30. The largest absolute Gasteiger partial charge is 0.493 e. The lowest BCUT2D eigenvalue weighted by molar-refractivity contribution is -0.153. The molecule has 0 aliphatic rings. The first-order valence-corrected chi connectivity index (χ1v) is 9.22. The van der Waals surface area contributed by atoms with E-state index in [0.29, 0.717) is 17.0 Å². The lowest BCUT2D eigenvalue weighted by Gasteiger charge is -2.14. The van der Waals surface area contributed by atoms with Crippen molar-refractivity contribution in [2.45, 2.75) is 39.7 Å². The quantitative estimate of drug-likeness (QED) is 0.526.